The summed E-state index contributed by atoms with van der Waals surface area (Å²) in [6, 6.07) is 8.39. The van der Waals surface area contributed by atoms with Crippen molar-refractivity contribution in [3.8, 4) is 0 Å². The summed E-state index contributed by atoms with van der Waals surface area (Å²) in [5.74, 6) is 0.0839. The van der Waals surface area contributed by atoms with E-state index in [1.54, 1.807) is 0 Å². The van der Waals surface area contributed by atoms with Crippen LogP contribution in [0.15, 0.2) is 24.3 Å². The monoisotopic (exact) mass is 248 g/mol. The molecule has 0 aliphatic heterocycles. The second-order valence-electron chi connectivity index (χ2n) is 5.57. The van der Waals surface area contributed by atoms with E-state index in [2.05, 4.69) is 36.5 Å². The van der Waals surface area contributed by atoms with Gasteiger partial charge in [0.15, 0.2) is 0 Å². The topological polar surface area (TPSA) is 55.1 Å². The smallest absolute Gasteiger partial charge is 0.220 e. The summed E-state index contributed by atoms with van der Waals surface area (Å²) in [4.78, 5) is 11.6. The van der Waals surface area contributed by atoms with Crippen LogP contribution in [0.2, 0.25) is 0 Å². The van der Waals surface area contributed by atoms with Crippen molar-refractivity contribution in [1.82, 2.24) is 5.32 Å². The molecule has 1 rings (SSSR count). The highest BCUT2D eigenvalue weighted by molar-refractivity contribution is 5.75. The van der Waals surface area contributed by atoms with Gasteiger partial charge in [-0.05, 0) is 39.2 Å². The third-order valence-electron chi connectivity index (χ3n) is 2.85. The van der Waals surface area contributed by atoms with Crippen LogP contribution in [0, 0.1) is 6.92 Å². The largest absolute Gasteiger partial charge is 0.356 e. The predicted molar refractivity (Wildman–Crippen MR) is 75.4 cm³/mol. The van der Waals surface area contributed by atoms with Crippen LogP contribution in [0.1, 0.15) is 37.8 Å². The molecule has 0 unspecified atom stereocenters. The van der Waals surface area contributed by atoms with Gasteiger partial charge in [0, 0.05) is 18.5 Å². The molecule has 1 aromatic rings. The number of nitrogens with two attached hydrogens (primary N) is 1. The molecule has 0 heterocycles. The van der Waals surface area contributed by atoms with Gasteiger partial charge in [0.05, 0.1) is 0 Å². The van der Waals surface area contributed by atoms with E-state index in [0.29, 0.717) is 19.4 Å². The molecule has 0 radical (unpaired) electrons. The van der Waals surface area contributed by atoms with Crippen LogP contribution in [0.5, 0.6) is 0 Å². The van der Waals surface area contributed by atoms with Gasteiger partial charge in [-0.1, -0.05) is 29.8 Å². The highest BCUT2D eigenvalue weighted by atomic mass is 16.1. The van der Waals surface area contributed by atoms with Gasteiger partial charge in [0.2, 0.25) is 5.91 Å². The van der Waals surface area contributed by atoms with Gasteiger partial charge in [-0.2, -0.15) is 0 Å². The van der Waals surface area contributed by atoms with Crippen molar-refractivity contribution in [1.29, 1.82) is 0 Å². The molecule has 3 heteroatoms. The van der Waals surface area contributed by atoms with Crippen molar-refractivity contribution >= 4 is 5.91 Å². The van der Waals surface area contributed by atoms with Crippen molar-refractivity contribution in [2.75, 3.05) is 6.54 Å². The van der Waals surface area contributed by atoms with Gasteiger partial charge in [0.25, 0.3) is 0 Å². The summed E-state index contributed by atoms with van der Waals surface area (Å²) in [5.41, 5.74) is 8.08. The Kier molecular flexibility index (Phi) is 5.35. The molecule has 1 amide bonds. The second-order valence-corrected chi connectivity index (χ2v) is 5.57. The fraction of sp³-hybridized carbons (Fsp3) is 0.533. The Balaban J connectivity index is 2.21. The Hall–Kier alpha value is -1.35. The Bertz CT molecular complexity index is 376. The quantitative estimate of drug-likeness (QED) is 0.810. The first kappa shape index (κ1) is 14.7. The summed E-state index contributed by atoms with van der Waals surface area (Å²) in [5, 5.41) is 2.92. The minimum atomic E-state index is -0.270. The number of aryl methyl sites for hydroxylation is 1. The number of hydrogen-bond donors (Lipinski definition) is 2. The maximum atomic E-state index is 11.6. The van der Waals surface area contributed by atoms with Crippen LogP contribution >= 0.6 is 0 Å². The van der Waals surface area contributed by atoms with E-state index in [4.69, 9.17) is 5.73 Å². The molecule has 1 aromatic carbocycles. The zero-order valence-electron chi connectivity index (χ0n) is 11.6. The molecule has 0 aliphatic carbocycles. The molecular formula is C15H24N2O. The van der Waals surface area contributed by atoms with Crippen molar-refractivity contribution in [3.63, 3.8) is 0 Å². The first-order chi connectivity index (χ1) is 8.37. The van der Waals surface area contributed by atoms with Gasteiger partial charge in [-0.3, -0.25) is 4.79 Å². The molecule has 0 aliphatic rings. The molecule has 0 atom stereocenters. The van der Waals surface area contributed by atoms with E-state index in [1.807, 2.05) is 13.8 Å². The normalized spacial score (nSPS) is 11.3. The van der Waals surface area contributed by atoms with Crippen molar-refractivity contribution in [2.45, 2.75) is 45.6 Å². The fourth-order valence-electron chi connectivity index (χ4n) is 1.63. The van der Waals surface area contributed by atoms with Crippen LogP contribution in [-0.4, -0.2) is 18.0 Å². The average molecular weight is 248 g/mol. The minimum absolute atomic E-state index is 0.0839. The molecule has 0 aromatic heterocycles. The Morgan fingerprint density at radius 3 is 2.44 bits per heavy atom. The van der Waals surface area contributed by atoms with E-state index in [-0.39, 0.29) is 11.4 Å². The lowest BCUT2D eigenvalue weighted by molar-refractivity contribution is -0.121. The van der Waals surface area contributed by atoms with Crippen molar-refractivity contribution in [3.05, 3.63) is 35.4 Å². The maximum Gasteiger partial charge on any atom is 0.220 e. The molecule has 0 fully saturated rings. The standard InChI is InChI=1S/C15H24N2O/c1-12-4-6-13(7-5-12)9-11-17-14(18)8-10-15(2,3)16/h4-7H,8-11,16H2,1-3H3,(H,17,18). The lowest BCUT2D eigenvalue weighted by Crippen LogP contribution is -2.34. The number of carbonyl (C=O) groups is 1. The predicted octanol–water partition coefficient (Wildman–Crippen LogP) is 2.17. The molecule has 0 bridgehead atoms. The van der Waals surface area contributed by atoms with Gasteiger partial charge in [0.1, 0.15) is 0 Å². The zero-order valence-corrected chi connectivity index (χ0v) is 11.6. The Morgan fingerprint density at radius 2 is 1.89 bits per heavy atom. The average Bonchev–Trinajstić information content (AvgIpc) is 2.28. The summed E-state index contributed by atoms with van der Waals surface area (Å²) in [6.07, 6.45) is 2.08. The van der Waals surface area contributed by atoms with Gasteiger partial charge in [-0.25, -0.2) is 0 Å². The van der Waals surface area contributed by atoms with E-state index in [0.717, 1.165) is 6.42 Å². The summed E-state index contributed by atoms with van der Waals surface area (Å²) in [6.45, 7) is 6.63. The molecule has 0 spiro atoms. The maximum absolute atomic E-state index is 11.6. The summed E-state index contributed by atoms with van der Waals surface area (Å²) < 4.78 is 0. The molecule has 0 saturated carbocycles. The molecular weight excluding hydrogens is 224 g/mol. The highest BCUT2D eigenvalue weighted by Crippen LogP contribution is 2.07. The number of nitrogens with one attached hydrogen (secondary N) is 1. The Labute approximate surface area is 110 Å². The van der Waals surface area contributed by atoms with Crippen LogP contribution in [0.3, 0.4) is 0 Å². The van der Waals surface area contributed by atoms with E-state index < -0.39 is 0 Å². The van der Waals surface area contributed by atoms with Gasteiger partial charge in [-0.15, -0.1) is 0 Å². The number of rotatable bonds is 6. The first-order valence-electron chi connectivity index (χ1n) is 6.48. The van der Waals surface area contributed by atoms with Crippen molar-refractivity contribution in [2.24, 2.45) is 5.73 Å². The molecule has 18 heavy (non-hydrogen) atoms. The zero-order chi connectivity index (χ0) is 13.6. The third kappa shape index (κ3) is 6.40. The van der Waals surface area contributed by atoms with Gasteiger partial charge < -0.3 is 11.1 Å². The SMILES string of the molecule is Cc1ccc(CCNC(=O)CCC(C)(C)N)cc1. The second kappa shape index (κ2) is 6.55. The highest BCUT2D eigenvalue weighted by Gasteiger charge is 2.12. The van der Waals surface area contributed by atoms with Crippen LogP contribution in [0.25, 0.3) is 0 Å². The third-order valence-corrected chi connectivity index (χ3v) is 2.85. The number of carbonyl (C=O) groups excluding carboxylic acids is 1. The molecule has 0 saturated heterocycles. The molecule has 100 valence electrons. The molecule has 3 nitrogen and oxygen atoms in total. The van der Waals surface area contributed by atoms with E-state index in [9.17, 15) is 4.79 Å². The fourth-order valence-corrected chi connectivity index (χ4v) is 1.63. The van der Waals surface area contributed by atoms with E-state index in [1.165, 1.54) is 11.1 Å². The number of amides is 1. The van der Waals surface area contributed by atoms with Gasteiger partial charge >= 0.3 is 0 Å². The Morgan fingerprint density at radius 1 is 1.28 bits per heavy atom. The van der Waals surface area contributed by atoms with Crippen LogP contribution < -0.4 is 11.1 Å². The summed E-state index contributed by atoms with van der Waals surface area (Å²) >= 11 is 0. The lowest BCUT2D eigenvalue weighted by Gasteiger charge is -2.17. The number of benzene rings is 1. The number of hydrogen-bond acceptors (Lipinski definition) is 2. The summed E-state index contributed by atoms with van der Waals surface area (Å²) in [7, 11) is 0. The van der Waals surface area contributed by atoms with Crippen LogP contribution in [-0.2, 0) is 11.2 Å². The molecule has 3 N–H and O–H groups in total. The van der Waals surface area contributed by atoms with Crippen molar-refractivity contribution < 1.29 is 4.79 Å². The van der Waals surface area contributed by atoms with Crippen LogP contribution in [0.4, 0.5) is 0 Å². The minimum Gasteiger partial charge on any atom is -0.356 e. The lowest BCUT2D eigenvalue weighted by atomic mass is 10.00. The van der Waals surface area contributed by atoms with E-state index >= 15 is 0 Å². The first-order valence-corrected chi connectivity index (χ1v) is 6.48.